The van der Waals surface area contributed by atoms with Crippen molar-refractivity contribution < 1.29 is 4.79 Å². The fourth-order valence-corrected chi connectivity index (χ4v) is 1.46. The van der Waals surface area contributed by atoms with Crippen molar-refractivity contribution in [3.63, 3.8) is 0 Å². The number of hydrogen-bond donors (Lipinski definition) is 0. The molecule has 1 aromatic rings. The lowest BCUT2D eigenvalue weighted by Gasteiger charge is -2.06. The van der Waals surface area contributed by atoms with Crippen LogP contribution in [-0.4, -0.2) is 6.29 Å². The lowest BCUT2D eigenvalue weighted by molar-refractivity contribution is -0.107. The number of rotatable bonds is 5. The van der Waals surface area contributed by atoms with E-state index < -0.39 is 0 Å². The second kappa shape index (κ2) is 5.58. The molecule has 1 rings (SSSR count). The summed E-state index contributed by atoms with van der Waals surface area (Å²) in [5.74, 6) is 0.596. The van der Waals surface area contributed by atoms with Gasteiger partial charge >= 0.3 is 0 Å². The third kappa shape index (κ3) is 3.33. The van der Waals surface area contributed by atoms with Crippen molar-refractivity contribution in [1.29, 1.82) is 0 Å². The molecule has 1 aromatic carbocycles. The summed E-state index contributed by atoms with van der Waals surface area (Å²) in [7, 11) is 0. The van der Waals surface area contributed by atoms with E-state index in [9.17, 15) is 4.79 Å². The van der Waals surface area contributed by atoms with Crippen LogP contribution in [0, 0.1) is 0 Å². The summed E-state index contributed by atoms with van der Waals surface area (Å²) in [6.07, 6.45) is 3.63. The van der Waals surface area contributed by atoms with Gasteiger partial charge in [-0.05, 0) is 29.9 Å². The number of benzene rings is 1. The Balaban J connectivity index is 2.51. The monoisotopic (exact) mass is 190 g/mol. The molecule has 0 heterocycles. The molecule has 0 aliphatic carbocycles. The molecule has 0 saturated carbocycles. The minimum Gasteiger partial charge on any atom is -0.303 e. The highest BCUT2D eigenvalue weighted by Crippen LogP contribution is 2.15. The number of hydrogen-bond acceptors (Lipinski definition) is 1. The summed E-state index contributed by atoms with van der Waals surface area (Å²) in [5, 5.41) is 0. The van der Waals surface area contributed by atoms with Crippen molar-refractivity contribution in [2.45, 2.75) is 39.0 Å². The van der Waals surface area contributed by atoms with Crippen LogP contribution in [0.2, 0.25) is 0 Å². The maximum absolute atomic E-state index is 10.1. The summed E-state index contributed by atoms with van der Waals surface area (Å²) >= 11 is 0. The molecule has 76 valence electrons. The van der Waals surface area contributed by atoms with Crippen LogP contribution in [0.5, 0.6) is 0 Å². The largest absolute Gasteiger partial charge is 0.303 e. The van der Waals surface area contributed by atoms with Crippen LogP contribution in [0.1, 0.15) is 43.7 Å². The van der Waals surface area contributed by atoms with Crippen molar-refractivity contribution in [2.75, 3.05) is 0 Å². The van der Waals surface area contributed by atoms with Crippen molar-refractivity contribution in [3.8, 4) is 0 Å². The molecule has 0 amide bonds. The molecule has 0 aliphatic rings. The predicted octanol–water partition coefficient (Wildman–Crippen LogP) is 3.33. The SMILES string of the molecule is CC(C)c1ccc(CCCC=O)cc1. The zero-order chi connectivity index (χ0) is 10.4. The topological polar surface area (TPSA) is 17.1 Å². The van der Waals surface area contributed by atoms with Crippen LogP contribution in [-0.2, 0) is 11.2 Å². The Morgan fingerprint density at radius 3 is 2.36 bits per heavy atom. The molecule has 14 heavy (non-hydrogen) atoms. The normalized spacial score (nSPS) is 10.5. The molecule has 1 heteroatoms. The molecule has 0 radical (unpaired) electrons. The second-order valence-electron chi connectivity index (χ2n) is 3.96. The molecule has 0 N–H and O–H groups in total. The number of aryl methyl sites for hydroxylation is 1. The van der Waals surface area contributed by atoms with Gasteiger partial charge in [-0.3, -0.25) is 0 Å². The number of carbonyl (C=O) groups is 1. The van der Waals surface area contributed by atoms with Gasteiger partial charge in [-0.25, -0.2) is 0 Å². The van der Waals surface area contributed by atoms with Gasteiger partial charge in [-0.2, -0.15) is 0 Å². The first-order valence-corrected chi connectivity index (χ1v) is 5.26. The summed E-state index contributed by atoms with van der Waals surface area (Å²) in [6, 6.07) is 8.70. The molecule has 0 fully saturated rings. The molecule has 0 atom stereocenters. The van der Waals surface area contributed by atoms with Crippen LogP contribution in [0.15, 0.2) is 24.3 Å². The first-order valence-electron chi connectivity index (χ1n) is 5.26. The van der Waals surface area contributed by atoms with E-state index in [2.05, 4.69) is 38.1 Å². The lowest BCUT2D eigenvalue weighted by Crippen LogP contribution is -1.90. The maximum Gasteiger partial charge on any atom is 0.120 e. The van der Waals surface area contributed by atoms with Gasteiger partial charge in [-0.1, -0.05) is 38.1 Å². The molecular formula is C13H18O. The van der Waals surface area contributed by atoms with Gasteiger partial charge < -0.3 is 4.79 Å². The molecule has 0 aromatic heterocycles. The van der Waals surface area contributed by atoms with Gasteiger partial charge in [-0.15, -0.1) is 0 Å². The minimum atomic E-state index is 0.596. The van der Waals surface area contributed by atoms with E-state index in [1.807, 2.05) is 0 Å². The molecule has 0 unspecified atom stereocenters. The van der Waals surface area contributed by atoms with E-state index in [4.69, 9.17) is 0 Å². The van der Waals surface area contributed by atoms with Gasteiger partial charge in [0, 0.05) is 6.42 Å². The van der Waals surface area contributed by atoms with Crippen molar-refractivity contribution >= 4 is 6.29 Å². The quantitative estimate of drug-likeness (QED) is 0.514. The minimum absolute atomic E-state index is 0.596. The average molecular weight is 190 g/mol. The smallest absolute Gasteiger partial charge is 0.120 e. The molecule has 0 bridgehead atoms. The fourth-order valence-electron chi connectivity index (χ4n) is 1.46. The van der Waals surface area contributed by atoms with Gasteiger partial charge in [0.2, 0.25) is 0 Å². The molecule has 0 aliphatic heterocycles. The van der Waals surface area contributed by atoms with E-state index >= 15 is 0 Å². The van der Waals surface area contributed by atoms with Gasteiger partial charge in [0.15, 0.2) is 0 Å². The number of unbranched alkanes of at least 4 members (excludes halogenated alkanes) is 1. The fraction of sp³-hybridized carbons (Fsp3) is 0.462. The standard InChI is InChI=1S/C13H18O/c1-11(2)13-8-6-12(7-9-13)5-3-4-10-14/h6-11H,3-5H2,1-2H3. The third-order valence-corrected chi connectivity index (χ3v) is 2.43. The summed E-state index contributed by atoms with van der Waals surface area (Å²) in [5.41, 5.74) is 2.71. The molecular weight excluding hydrogens is 172 g/mol. The Hall–Kier alpha value is -1.11. The summed E-state index contributed by atoms with van der Waals surface area (Å²) < 4.78 is 0. The Morgan fingerprint density at radius 2 is 1.86 bits per heavy atom. The summed E-state index contributed by atoms with van der Waals surface area (Å²) in [4.78, 5) is 10.1. The van der Waals surface area contributed by atoms with E-state index in [0.717, 1.165) is 19.1 Å². The van der Waals surface area contributed by atoms with E-state index in [1.54, 1.807) is 0 Å². The number of aldehydes is 1. The first kappa shape index (κ1) is 11.0. The van der Waals surface area contributed by atoms with Crippen molar-refractivity contribution in [1.82, 2.24) is 0 Å². The third-order valence-electron chi connectivity index (χ3n) is 2.43. The Labute approximate surface area is 86.1 Å². The van der Waals surface area contributed by atoms with Crippen LogP contribution in [0.4, 0.5) is 0 Å². The van der Waals surface area contributed by atoms with Crippen LogP contribution < -0.4 is 0 Å². The maximum atomic E-state index is 10.1. The predicted molar refractivity (Wildman–Crippen MR) is 59.5 cm³/mol. The molecule has 0 saturated heterocycles. The van der Waals surface area contributed by atoms with E-state index in [-0.39, 0.29) is 0 Å². The first-order chi connectivity index (χ1) is 6.74. The van der Waals surface area contributed by atoms with Crippen molar-refractivity contribution in [2.24, 2.45) is 0 Å². The Bertz CT molecular complexity index is 272. The van der Waals surface area contributed by atoms with Crippen molar-refractivity contribution in [3.05, 3.63) is 35.4 Å². The summed E-state index contributed by atoms with van der Waals surface area (Å²) in [6.45, 7) is 4.39. The van der Waals surface area contributed by atoms with Gasteiger partial charge in [0.25, 0.3) is 0 Å². The second-order valence-corrected chi connectivity index (χ2v) is 3.96. The highest BCUT2D eigenvalue weighted by molar-refractivity contribution is 5.49. The highest BCUT2D eigenvalue weighted by atomic mass is 16.1. The Morgan fingerprint density at radius 1 is 1.21 bits per heavy atom. The average Bonchev–Trinajstić information content (AvgIpc) is 2.19. The zero-order valence-corrected chi connectivity index (χ0v) is 8.99. The van der Waals surface area contributed by atoms with Crippen LogP contribution >= 0.6 is 0 Å². The molecule has 1 nitrogen and oxygen atoms in total. The van der Waals surface area contributed by atoms with Gasteiger partial charge in [0.1, 0.15) is 6.29 Å². The van der Waals surface area contributed by atoms with E-state index in [1.165, 1.54) is 11.1 Å². The number of carbonyl (C=O) groups excluding carboxylic acids is 1. The molecule has 0 spiro atoms. The Kier molecular flexibility index (Phi) is 4.37. The van der Waals surface area contributed by atoms with Crippen LogP contribution in [0.25, 0.3) is 0 Å². The lowest BCUT2D eigenvalue weighted by atomic mass is 10.00. The van der Waals surface area contributed by atoms with E-state index in [0.29, 0.717) is 12.3 Å². The van der Waals surface area contributed by atoms with Crippen LogP contribution in [0.3, 0.4) is 0 Å². The zero-order valence-electron chi connectivity index (χ0n) is 8.99. The van der Waals surface area contributed by atoms with Gasteiger partial charge in [0.05, 0.1) is 0 Å². The highest BCUT2D eigenvalue weighted by Gasteiger charge is 1.98.